The van der Waals surface area contributed by atoms with Crippen LogP contribution in [0.3, 0.4) is 0 Å². The molecule has 0 aliphatic carbocycles. The lowest BCUT2D eigenvalue weighted by Crippen LogP contribution is -2.48. The van der Waals surface area contributed by atoms with Crippen LogP contribution in [0, 0.1) is 11.8 Å². The second-order valence-corrected chi connectivity index (χ2v) is 6.05. The molecule has 24 heavy (non-hydrogen) atoms. The summed E-state index contributed by atoms with van der Waals surface area (Å²) in [5.74, 6) is 5.47. The van der Waals surface area contributed by atoms with Gasteiger partial charge in [0.1, 0.15) is 0 Å². The maximum Gasteiger partial charge on any atom is 0.272 e. The normalized spacial score (nSPS) is 16.6. The van der Waals surface area contributed by atoms with Crippen molar-refractivity contribution in [2.75, 3.05) is 13.1 Å². The van der Waals surface area contributed by atoms with Gasteiger partial charge in [-0.25, -0.2) is 0 Å². The topological polar surface area (TPSA) is 40.5 Å². The van der Waals surface area contributed by atoms with Crippen molar-refractivity contribution in [2.45, 2.75) is 24.9 Å². The van der Waals surface area contributed by atoms with Crippen LogP contribution in [0.15, 0.2) is 60.7 Å². The minimum Gasteiger partial charge on any atom is -0.366 e. The van der Waals surface area contributed by atoms with Crippen LogP contribution < -0.4 is 0 Å². The standard InChI is InChI=1S/C21H21NO2/c23-20(22-16-8-3-9-17-22)21(24,19-12-6-2-7-13-19)15-14-18-10-4-1-5-11-18/h1-2,4-7,10-13,24H,3,8-9,16-17H2. The van der Waals surface area contributed by atoms with E-state index in [1.54, 1.807) is 17.0 Å². The van der Waals surface area contributed by atoms with Crippen molar-refractivity contribution in [3.05, 3.63) is 71.8 Å². The van der Waals surface area contributed by atoms with Crippen molar-refractivity contribution >= 4 is 5.91 Å². The average Bonchev–Trinajstić information content (AvgIpc) is 2.68. The minimum atomic E-state index is -1.81. The molecule has 2 aromatic rings. The van der Waals surface area contributed by atoms with Crippen LogP contribution in [0.4, 0.5) is 0 Å². The second kappa shape index (κ2) is 7.33. The largest absolute Gasteiger partial charge is 0.366 e. The summed E-state index contributed by atoms with van der Waals surface area (Å²) < 4.78 is 0. The molecule has 3 nitrogen and oxygen atoms in total. The lowest BCUT2D eigenvalue weighted by Gasteiger charge is -2.33. The van der Waals surface area contributed by atoms with Crippen LogP contribution in [0.2, 0.25) is 0 Å². The number of piperidine rings is 1. The SMILES string of the molecule is O=C(N1CCCCC1)C(O)(C#Cc1ccccc1)c1ccccc1. The third-order valence-corrected chi connectivity index (χ3v) is 4.31. The van der Waals surface area contributed by atoms with E-state index in [2.05, 4.69) is 11.8 Å². The maximum absolute atomic E-state index is 13.0. The molecule has 1 N–H and O–H groups in total. The smallest absolute Gasteiger partial charge is 0.272 e. The third-order valence-electron chi connectivity index (χ3n) is 4.31. The van der Waals surface area contributed by atoms with E-state index in [9.17, 15) is 9.90 Å². The Morgan fingerprint density at radius 2 is 1.50 bits per heavy atom. The summed E-state index contributed by atoms with van der Waals surface area (Å²) in [7, 11) is 0. The fourth-order valence-corrected chi connectivity index (χ4v) is 2.94. The molecule has 0 saturated carbocycles. The van der Waals surface area contributed by atoms with Gasteiger partial charge in [0, 0.05) is 24.2 Å². The Bertz CT molecular complexity index is 740. The van der Waals surface area contributed by atoms with Crippen molar-refractivity contribution in [3.63, 3.8) is 0 Å². The van der Waals surface area contributed by atoms with E-state index in [1.165, 1.54) is 0 Å². The molecule has 1 aliphatic heterocycles. The van der Waals surface area contributed by atoms with E-state index in [0.717, 1.165) is 24.8 Å². The first-order chi connectivity index (χ1) is 11.7. The van der Waals surface area contributed by atoms with Gasteiger partial charge in [0.2, 0.25) is 5.60 Å². The zero-order valence-electron chi connectivity index (χ0n) is 13.6. The molecular weight excluding hydrogens is 298 g/mol. The summed E-state index contributed by atoms with van der Waals surface area (Å²) in [6.07, 6.45) is 3.08. The molecule has 2 aromatic carbocycles. The van der Waals surface area contributed by atoms with Gasteiger partial charge in [-0.1, -0.05) is 54.5 Å². The first-order valence-corrected chi connectivity index (χ1v) is 8.36. The van der Waals surface area contributed by atoms with Crippen LogP contribution in [0.5, 0.6) is 0 Å². The third kappa shape index (κ3) is 3.50. The molecule has 1 atom stereocenters. The van der Waals surface area contributed by atoms with Gasteiger partial charge in [-0.05, 0) is 37.3 Å². The van der Waals surface area contributed by atoms with Crippen LogP contribution in [-0.2, 0) is 10.4 Å². The highest BCUT2D eigenvalue weighted by atomic mass is 16.3. The highest BCUT2D eigenvalue weighted by Crippen LogP contribution is 2.25. The number of amides is 1. The Labute approximate surface area is 142 Å². The van der Waals surface area contributed by atoms with Gasteiger partial charge in [-0.3, -0.25) is 4.79 Å². The molecule has 1 amide bonds. The predicted octanol–water partition coefficient (Wildman–Crippen LogP) is 2.94. The summed E-state index contributed by atoms with van der Waals surface area (Å²) in [6, 6.07) is 18.4. The summed E-state index contributed by atoms with van der Waals surface area (Å²) in [4.78, 5) is 14.7. The van der Waals surface area contributed by atoms with E-state index in [1.807, 2.05) is 48.5 Å². The number of likely N-dealkylation sites (tertiary alicyclic amines) is 1. The Hall–Kier alpha value is -2.57. The van der Waals surface area contributed by atoms with E-state index >= 15 is 0 Å². The number of hydrogen-bond acceptors (Lipinski definition) is 2. The number of hydrogen-bond donors (Lipinski definition) is 1. The first kappa shape index (κ1) is 16.3. The molecule has 1 saturated heterocycles. The zero-order chi connectivity index (χ0) is 16.8. The second-order valence-electron chi connectivity index (χ2n) is 6.05. The quantitative estimate of drug-likeness (QED) is 0.865. The molecule has 122 valence electrons. The maximum atomic E-state index is 13.0. The van der Waals surface area contributed by atoms with E-state index in [0.29, 0.717) is 18.7 Å². The van der Waals surface area contributed by atoms with Gasteiger partial charge in [-0.15, -0.1) is 0 Å². The van der Waals surface area contributed by atoms with Crippen molar-refractivity contribution in [2.24, 2.45) is 0 Å². The molecule has 1 fully saturated rings. The van der Waals surface area contributed by atoms with Crippen molar-refractivity contribution in [1.29, 1.82) is 0 Å². The number of rotatable bonds is 2. The van der Waals surface area contributed by atoms with Crippen molar-refractivity contribution in [3.8, 4) is 11.8 Å². The highest BCUT2D eigenvalue weighted by molar-refractivity contribution is 5.90. The number of carbonyl (C=O) groups is 1. The number of benzene rings is 2. The molecule has 1 unspecified atom stereocenters. The summed E-state index contributed by atoms with van der Waals surface area (Å²) >= 11 is 0. The highest BCUT2D eigenvalue weighted by Gasteiger charge is 2.39. The molecule has 0 radical (unpaired) electrons. The van der Waals surface area contributed by atoms with Gasteiger partial charge in [0.15, 0.2) is 0 Å². The van der Waals surface area contributed by atoms with Gasteiger partial charge in [-0.2, -0.15) is 0 Å². The zero-order valence-corrected chi connectivity index (χ0v) is 13.6. The van der Waals surface area contributed by atoms with Gasteiger partial charge < -0.3 is 10.0 Å². The number of nitrogens with zero attached hydrogens (tertiary/aromatic N) is 1. The fourth-order valence-electron chi connectivity index (χ4n) is 2.94. The first-order valence-electron chi connectivity index (χ1n) is 8.36. The number of carbonyl (C=O) groups excluding carboxylic acids is 1. The lowest BCUT2D eigenvalue weighted by molar-refractivity contribution is -0.147. The van der Waals surface area contributed by atoms with Gasteiger partial charge >= 0.3 is 0 Å². The molecule has 1 heterocycles. The van der Waals surface area contributed by atoms with Crippen LogP contribution in [0.1, 0.15) is 30.4 Å². The molecule has 3 heteroatoms. The molecule has 0 spiro atoms. The molecule has 0 aromatic heterocycles. The predicted molar refractivity (Wildman–Crippen MR) is 94.1 cm³/mol. The lowest BCUT2D eigenvalue weighted by atomic mass is 9.91. The Morgan fingerprint density at radius 3 is 2.12 bits per heavy atom. The van der Waals surface area contributed by atoms with Gasteiger partial charge in [0.25, 0.3) is 5.91 Å². The number of aliphatic hydroxyl groups is 1. The summed E-state index contributed by atoms with van der Waals surface area (Å²) in [6.45, 7) is 1.36. The average molecular weight is 319 g/mol. The molecule has 1 aliphatic rings. The molecule has 3 rings (SSSR count). The van der Waals surface area contributed by atoms with Crippen LogP contribution >= 0.6 is 0 Å². The molecular formula is C21H21NO2. The Kier molecular flexibility index (Phi) is 4.98. The summed E-state index contributed by atoms with van der Waals surface area (Å²) in [5, 5.41) is 11.2. The summed E-state index contributed by atoms with van der Waals surface area (Å²) in [5.41, 5.74) is -0.517. The van der Waals surface area contributed by atoms with Crippen molar-refractivity contribution in [1.82, 2.24) is 4.90 Å². The van der Waals surface area contributed by atoms with Crippen LogP contribution in [0.25, 0.3) is 0 Å². The Morgan fingerprint density at radius 1 is 0.917 bits per heavy atom. The van der Waals surface area contributed by atoms with E-state index in [4.69, 9.17) is 0 Å². The molecule has 0 bridgehead atoms. The monoisotopic (exact) mass is 319 g/mol. The van der Waals surface area contributed by atoms with Crippen molar-refractivity contribution < 1.29 is 9.90 Å². The van der Waals surface area contributed by atoms with Crippen LogP contribution in [-0.4, -0.2) is 29.0 Å². The fraction of sp³-hybridized carbons (Fsp3) is 0.286. The van der Waals surface area contributed by atoms with E-state index in [-0.39, 0.29) is 5.91 Å². The van der Waals surface area contributed by atoms with E-state index < -0.39 is 5.60 Å². The van der Waals surface area contributed by atoms with Gasteiger partial charge in [0.05, 0.1) is 0 Å². The Balaban J connectivity index is 1.98. The minimum absolute atomic E-state index is 0.322.